The third-order valence-corrected chi connectivity index (χ3v) is 3.27. The summed E-state index contributed by atoms with van der Waals surface area (Å²) in [5.74, 6) is 0.345. The first kappa shape index (κ1) is 10.5. The fourth-order valence-corrected chi connectivity index (χ4v) is 2.27. The Hall–Kier alpha value is -1.03. The quantitative estimate of drug-likeness (QED) is 0.772. The molecule has 1 aliphatic carbocycles. The number of aliphatic hydroxyl groups is 1. The van der Waals surface area contributed by atoms with Crippen LogP contribution >= 0.6 is 0 Å². The van der Waals surface area contributed by atoms with E-state index in [9.17, 15) is 5.11 Å². The van der Waals surface area contributed by atoms with E-state index < -0.39 is 0 Å². The van der Waals surface area contributed by atoms with Crippen molar-refractivity contribution in [3.05, 3.63) is 11.9 Å². The average Bonchev–Trinajstić information content (AvgIpc) is 2.50. The van der Waals surface area contributed by atoms with E-state index >= 15 is 0 Å². The second kappa shape index (κ2) is 4.23. The van der Waals surface area contributed by atoms with Gasteiger partial charge < -0.3 is 10.8 Å². The third kappa shape index (κ3) is 2.31. The normalized spacial score (nSPS) is 26.8. The minimum atomic E-state index is -0.163. The van der Waals surface area contributed by atoms with Gasteiger partial charge in [0.05, 0.1) is 17.5 Å². The van der Waals surface area contributed by atoms with Crippen LogP contribution in [0.15, 0.2) is 6.20 Å². The van der Waals surface area contributed by atoms with E-state index in [-0.39, 0.29) is 6.10 Å². The summed E-state index contributed by atoms with van der Waals surface area (Å²) in [6.07, 6.45) is 6.09. The van der Waals surface area contributed by atoms with Gasteiger partial charge >= 0.3 is 0 Å². The molecule has 1 aromatic heterocycles. The number of rotatable bonds is 2. The van der Waals surface area contributed by atoms with Crippen LogP contribution in [-0.2, 0) is 6.54 Å². The topological polar surface area (TPSA) is 64.1 Å². The monoisotopic (exact) mass is 209 g/mol. The molecule has 0 aliphatic heterocycles. The van der Waals surface area contributed by atoms with Crippen LogP contribution in [0.2, 0.25) is 0 Å². The molecule has 1 saturated carbocycles. The van der Waals surface area contributed by atoms with Crippen LogP contribution in [0.1, 0.15) is 31.4 Å². The first-order valence-electron chi connectivity index (χ1n) is 5.64. The number of nitrogens with two attached hydrogens (primary N) is 1. The number of nitrogens with zero attached hydrogens (tertiary/aromatic N) is 2. The summed E-state index contributed by atoms with van der Waals surface area (Å²) in [6.45, 7) is 2.70. The number of nitrogen functional groups attached to an aromatic ring is 1. The van der Waals surface area contributed by atoms with E-state index in [1.165, 1.54) is 6.42 Å². The van der Waals surface area contributed by atoms with Gasteiger partial charge in [-0.25, -0.2) is 0 Å². The van der Waals surface area contributed by atoms with Gasteiger partial charge in [-0.2, -0.15) is 5.10 Å². The van der Waals surface area contributed by atoms with Gasteiger partial charge in [0.25, 0.3) is 0 Å². The smallest absolute Gasteiger partial charge is 0.0822 e. The summed E-state index contributed by atoms with van der Waals surface area (Å²) in [7, 11) is 0. The van der Waals surface area contributed by atoms with Crippen LogP contribution in [0.5, 0.6) is 0 Å². The Labute approximate surface area is 90.1 Å². The van der Waals surface area contributed by atoms with E-state index in [1.54, 1.807) is 0 Å². The summed E-state index contributed by atoms with van der Waals surface area (Å²) in [4.78, 5) is 0. The standard InChI is InChI=1S/C11H19N3O/c1-8-10(12)7-14(13-8)6-9-4-2-3-5-11(9)15/h7,9,11,15H,2-6,12H2,1H3. The van der Waals surface area contributed by atoms with Gasteiger partial charge in [-0.1, -0.05) is 12.8 Å². The highest BCUT2D eigenvalue weighted by Crippen LogP contribution is 2.25. The highest BCUT2D eigenvalue weighted by molar-refractivity contribution is 5.39. The molecule has 0 bridgehead atoms. The minimum absolute atomic E-state index is 0.163. The van der Waals surface area contributed by atoms with E-state index in [1.807, 2.05) is 17.8 Å². The Morgan fingerprint density at radius 2 is 2.27 bits per heavy atom. The molecule has 0 amide bonds. The molecule has 2 unspecified atom stereocenters. The van der Waals surface area contributed by atoms with Crippen molar-refractivity contribution < 1.29 is 5.11 Å². The molecule has 1 heterocycles. The van der Waals surface area contributed by atoms with Crippen molar-refractivity contribution in [3.63, 3.8) is 0 Å². The molecule has 1 aliphatic rings. The van der Waals surface area contributed by atoms with Crippen molar-refractivity contribution in [2.75, 3.05) is 5.73 Å². The second-order valence-corrected chi connectivity index (χ2v) is 4.50. The van der Waals surface area contributed by atoms with Gasteiger partial charge in [0.1, 0.15) is 0 Å². The Balaban J connectivity index is 2.01. The van der Waals surface area contributed by atoms with Crippen LogP contribution in [0.3, 0.4) is 0 Å². The summed E-state index contributed by atoms with van der Waals surface area (Å²) in [5, 5.41) is 14.2. The molecule has 0 aromatic carbocycles. The molecule has 4 heteroatoms. The predicted octanol–water partition coefficient (Wildman–Crippen LogP) is 1.32. The van der Waals surface area contributed by atoms with Crippen molar-refractivity contribution in [3.8, 4) is 0 Å². The summed E-state index contributed by atoms with van der Waals surface area (Å²) in [5.41, 5.74) is 7.35. The number of aliphatic hydroxyl groups excluding tert-OH is 1. The van der Waals surface area contributed by atoms with E-state index in [0.717, 1.165) is 37.2 Å². The lowest BCUT2D eigenvalue weighted by atomic mass is 9.86. The molecule has 0 radical (unpaired) electrons. The maximum atomic E-state index is 9.83. The zero-order chi connectivity index (χ0) is 10.8. The molecule has 84 valence electrons. The van der Waals surface area contributed by atoms with Crippen molar-refractivity contribution in [2.45, 2.75) is 45.3 Å². The van der Waals surface area contributed by atoms with Crippen LogP contribution in [0, 0.1) is 12.8 Å². The van der Waals surface area contributed by atoms with E-state index in [4.69, 9.17) is 5.73 Å². The second-order valence-electron chi connectivity index (χ2n) is 4.50. The molecule has 3 N–H and O–H groups in total. The Bertz CT molecular complexity index is 315. The van der Waals surface area contributed by atoms with E-state index in [2.05, 4.69) is 5.10 Å². The number of hydrogen-bond acceptors (Lipinski definition) is 3. The Morgan fingerprint density at radius 1 is 1.53 bits per heavy atom. The van der Waals surface area contributed by atoms with Gasteiger partial charge in [-0.15, -0.1) is 0 Å². The van der Waals surface area contributed by atoms with Crippen molar-refractivity contribution in [2.24, 2.45) is 5.92 Å². The fraction of sp³-hybridized carbons (Fsp3) is 0.727. The van der Waals surface area contributed by atoms with Crippen molar-refractivity contribution in [1.29, 1.82) is 0 Å². The maximum Gasteiger partial charge on any atom is 0.0822 e. The number of aromatic nitrogens is 2. The van der Waals surface area contributed by atoms with Gasteiger partial charge in [-0.3, -0.25) is 4.68 Å². The van der Waals surface area contributed by atoms with Crippen LogP contribution < -0.4 is 5.73 Å². The SMILES string of the molecule is Cc1nn(CC2CCCCC2O)cc1N. The fourth-order valence-electron chi connectivity index (χ4n) is 2.27. The molecule has 2 rings (SSSR count). The number of anilines is 1. The minimum Gasteiger partial charge on any atom is -0.396 e. The molecule has 4 nitrogen and oxygen atoms in total. The van der Waals surface area contributed by atoms with Crippen molar-refractivity contribution in [1.82, 2.24) is 9.78 Å². The first-order valence-corrected chi connectivity index (χ1v) is 5.64. The molecule has 1 aromatic rings. The molecule has 0 spiro atoms. The van der Waals surface area contributed by atoms with Gasteiger partial charge in [0.15, 0.2) is 0 Å². The maximum absolute atomic E-state index is 9.83. The lowest BCUT2D eigenvalue weighted by Gasteiger charge is -2.27. The van der Waals surface area contributed by atoms with Crippen LogP contribution in [0.25, 0.3) is 0 Å². The van der Waals surface area contributed by atoms with Crippen LogP contribution in [-0.4, -0.2) is 21.0 Å². The van der Waals surface area contributed by atoms with E-state index in [0.29, 0.717) is 5.92 Å². The third-order valence-electron chi connectivity index (χ3n) is 3.27. The predicted molar refractivity (Wildman–Crippen MR) is 59.3 cm³/mol. The first-order chi connectivity index (χ1) is 7.16. The Kier molecular flexibility index (Phi) is 2.95. The lowest BCUT2D eigenvalue weighted by Crippen LogP contribution is -2.28. The largest absolute Gasteiger partial charge is 0.396 e. The summed E-state index contributed by atoms with van der Waals surface area (Å²) < 4.78 is 1.86. The summed E-state index contributed by atoms with van der Waals surface area (Å²) in [6, 6.07) is 0. The van der Waals surface area contributed by atoms with Crippen molar-refractivity contribution >= 4 is 5.69 Å². The zero-order valence-corrected chi connectivity index (χ0v) is 9.19. The molecule has 2 atom stereocenters. The molecule has 1 fully saturated rings. The summed E-state index contributed by atoms with van der Waals surface area (Å²) >= 11 is 0. The van der Waals surface area contributed by atoms with Gasteiger partial charge in [0.2, 0.25) is 0 Å². The highest BCUT2D eigenvalue weighted by atomic mass is 16.3. The number of hydrogen-bond donors (Lipinski definition) is 2. The Morgan fingerprint density at radius 3 is 2.87 bits per heavy atom. The van der Waals surface area contributed by atoms with Crippen LogP contribution in [0.4, 0.5) is 5.69 Å². The van der Waals surface area contributed by atoms with Gasteiger partial charge in [0, 0.05) is 18.7 Å². The molecule has 15 heavy (non-hydrogen) atoms. The molecule has 0 saturated heterocycles. The molecular formula is C11H19N3O. The lowest BCUT2D eigenvalue weighted by molar-refractivity contribution is 0.0586. The number of aryl methyl sites for hydroxylation is 1. The van der Waals surface area contributed by atoms with Gasteiger partial charge in [-0.05, 0) is 19.8 Å². The average molecular weight is 209 g/mol. The molecular weight excluding hydrogens is 190 g/mol. The highest BCUT2D eigenvalue weighted by Gasteiger charge is 2.23. The zero-order valence-electron chi connectivity index (χ0n) is 9.19.